The van der Waals surface area contributed by atoms with E-state index < -0.39 is 0 Å². The van der Waals surface area contributed by atoms with Crippen LogP contribution in [0.2, 0.25) is 0 Å². The number of nitrogens with one attached hydrogen (secondary N) is 1. The van der Waals surface area contributed by atoms with Crippen molar-refractivity contribution in [2.24, 2.45) is 0 Å². The van der Waals surface area contributed by atoms with Gasteiger partial charge in [-0.05, 0) is 54.8 Å². The van der Waals surface area contributed by atoms with Crippen LogP contribution in [-0.2, 0) is 0 Å². The number of nitrogens with zero attached hydrogens (tertiary/aromatic N) is 3. The summed E-state index contributed by atoms with van der Waals surface area (Å²) in [6.07, 6.45) is 1.73. The monoisotopic (exact) mass is 464 g/mol. The summed E-state index contributed by atoms with van der Waals surface area (Å²) >= 11 is 0. The van der Waals surface area contributed by atoms with E-state index in [2.05, 4.69) is 29.5 Å². The van der Waals surface area contributed by atoms with Crippen molar-refractivity contribution in [3.05, 3.63) is 114 Å². The normalized spacial score (nSPS) is 12.0. The van der Waals surface area contributed by atoms with E-state index in [-0.39, 0.29) is 17.6 Å². The van der Waals surface area contributed by atoms with Crippen molar-refractivity contribution in [2.75, 3.05) is 6.54 Å². The predicted molar refractivity (Wildman–Crippen MR) is 136 cm³/mol. The van der Waals surface area contributed by atoms with Gasteiger partial charge in [0.25, 0.3) is 5.91 Å². The SMILES string of the molecule is Cc1c(-c2cc(C(=O)NC[C@H](C)c3ccccc3)c3ccccc3n2)cnn1-c1ccc(F)cc1. The molecule has 0 saturated heterocycles. The molecule has 0 spiro atoms. The van der Waals surface area contributed by atoms with Crippen LogP contribution < -0.4 is 5.32 Å². The zero-order chi connectivity index (χ0) is 24.4. The van der Waals surface area contributed by atoms with Crippen molar-refractivity contribution in [2.45, 2.75) is 19.8 Å². The van der Waals surface area contributed by atoms with Crippen molar-refractivity contribution < 1.29 is 9.18 Å². The molecule has 0 aliphatic heterocycles. The minimum Gasteiger partial charge on any atom is -0.351 e. The largest absolute Gasteiger partial charge is 0.351 e. The number of pyridine rings is 1. The molecule has 1 amide bonds. The maximum absolute atomic E-state index is 13.4. The van der Waals surface area contributed by atoms with Crippen LogP contribution in [0.1, 0.15) is 34.5 Å². The Kier molecular flexibility index (Phi) is 6.10. The number of fused-ring (bicyclic) bond motifs is 1. The molecule has 2 heterocycles. The van der Waals surface area contributed by atoms with E-state index in [4.69, 9.17) is 4.98 Å². The van der Waals surface area contributed by atoms with E-state index >= 15 is 0 Å². The molecule has 0 bridgehead atoms. The minimum atomic E-state index is -0.299. The highest BCUT2D eigenvalue weighted by Gasteiger charge is 2.18. The maximum atomic E-state index is 13.4. The van der Waals surface area contributed by atoms with E-state index in [0.29, 0.717) is 17.8 Å². The Morgan fingerprint density at radius 1 is 1.00 bits per heavy atom. The summed E-state index contributed by atoms with van der Waals surface area (Å²) < 4.78 is 15.1. The first kappa shape index (κ1) is 22.5. The summed E-state index contributed by atoms with van der Waals surface area (Å²) in [5.41, 5.74) is 5.56. The smallest absolute Gasteiger partial charge is 0.252 e. The molecule has 0 aliphatic carbocycles. The highest BCUT2D eigenvalue weighted by molar-refractivity contribution is 6.07. The summed E-state index contributed by atoms with van der Waals surface area (Å²) in [6.45, 7) is 4.55. The highest BCUT2D eigenvalue weighted by Crippen LogP contribution is 2.28. The molecule has 5 rings (SSSR count). The van der Waals surface area contributed by atoms with Gasteiger partial charge in [0.15, 0.2) is 0 Å². The van der Waals surface area contributed by atoms with Crippen molar-refractivity contribution in [1.29, 1.82) is 0 Å². The van der Waals surface area contributed by atoms with E-state index in [0.717, 1.165) is 27.8 Å². The van der Waals surface area contributed by atoms with E-state index in [1.54, 1.807) is 23.0 Å². The number of halogens is 1. The Labute approximate surface area is 203 Å². The molecular weight excluding hydrogens is 439 g/mol. The fraction of sp³-hybridized carbons (Fsp3) is 0.138. The van der Waals surface area contributed by atoms with Crippen LogP contribution in [-0.4, -0.2) is 27.2 Å². The second-order valence-corrected chi connectivity index (χ2v) is 8.63. The molecule has 174 valence electrons. The first-order valence-corrected chi connectivity index (χ1v) is 11.5. The van der Waals surface area contributed by atoms with Crippen LogP contribution in [0.3, 0.4) is 0 Å². The third kappa shape index (κ3) is 4.55. The summed E-state index contributed by atoms with van der Waals surface area (Å²) in [5.74, 6) is -0.257. The van der Waals surface area contributed by atoms with E-state index in [9.17, 15) is 9.18 Å². The van der Waals surface area contributed by atoms with Crippen LogP contribution in [0.5, 0.6) is 0 Å². The van der Waals surface area contributed by atoms with Gasteiger partial charge in [0.1, 0.15) is 5.82 Å². The van der Waals surface area contributed by atoms with Gasteiger partial charge in [0, 0.05) is 17.5 Å². The third-order valence-corrected chi connectivity index (χ3v) is 6.26. The molecule has 5 nitrogen and oxygen atoms in total. The molecule has 1 N–H and O–H groups in total. The summed E-state index contributed by atoms with van der Waals surface area (Å²) in [7, 11) is 0. The lowest BCUT2D eigenvalue weighted by Crippen LogP contribution is -2.27. The molecule has 5 aromatic rings. The van der Waals surface area contributed by atoms with Crippen LogP contribution in [0, 0.1) is 12.7 Å². The third-order valence-electron chi connectivity index (χ3n) is 6.26. The number of benzene rings is 3. The highest BCUT2D eigenvalue weighted by atomic mass is 19.1. The number of rotatable bonds is 6. The molecule has 0 saturated carbocycles. The Balaban J connectivity index is 1.48. The van der Waals surface area contributed by atoms with Crippen LogP contribution in [0.4, 0.5) is 4.39 Å². The molecule has 1 atom stereocenters. The van der Waals surface area contributed by atoms with Crippen molar-refractivity contribution in [1.82, 2.24) is 20.1 Å². The number of hydrogen-bond donors (Lipinski definition) is 1. The van der Waals surface area contributed by atoms with Crippen molar-refractivity contribution >= 4 is 16.8 Å². The van der Waals surface area contributed by atoms with Gasteiger partial charge in [0.2, 0.25) is 0 Å². The van der Waals surface area contributed by atoms with Crippen LogP contribution >= 0.6 is 0 Å². The average molecular weight is 465 g/mol. The zero-order valence-corrected chi connectivity index (χ0v) is 19.6. The first-order valence-electron chi connectivity index (χ1n) is 11.5. The standard InChI is InChI=1S/C29H25FN4O/c1-19(21-8-4-3-5-9-21)17-31-29(35)25-16-28(33-27-11-7-6-10-24(25)27)26-18-32-34(20(26)2)23-14-12-22(30)13-15-23/h3-16,18-19H,17H2,1-2H3,(H,31,35)/t19-/m0/s1. The van der Waals surface area contributed by atoms with Gasteiger partial charge in [-0.2, -0.15) is 5.10 Å². The fourth-order valence-corrected chi connectivity index (χ4v) is 4.25. The molecule has 0 fully saturated rings. The van der Waals surface area contributed by atoms with Crippen LogP contribution in [0.25, 0.3) is 27.8 Å². The summed E-state index contributed by atoms with van der Waals surface area (Å²) in [4.78, 5) is 18.1. The maximum Gasteiger partial charge on any atom is 0.252 e. The molecule has 0 unspecified atom stereocenters. The topological polar surface area (TPSA) is 59.8 Å². The van der Waals surface area contributed by atoms with Gasteiger partial charge in [-0.1, -0.05) is 55.5 Å². The van der Waals surface area contributed by atoms with E-state index in [1.807, 2.05) is 55.5 Å². The number of amides is 1. The molecule has 6 heteroatoms. The molecule has 2 aromatic heterocycles. The molecule has 35 heavy (non-hydrogen) atoms. The van der Waals surface area contributed by atoms with E-state index in [1.165, 1.54) is 17.7 Å². The van der Waals surface area contributed by atoms with Gasteiger partial charge in [-0.3, -0.25) is 4.79 Å². The second kappa shape index (κ2) is 9.50. The molecule has 3 aromatic carbocycles. The second-order valence-electron chi connectivity index (χ2n) is 8.63. The fourth-order valence-electron chi connectivity index (χ4n) is 4.25. The molecular formula is C29H25FN4O. The first-order chi connectivity index (χ1) is 17.0. The molecule has 0 radical (unpaired) electrons. The quantitative estimate of drug-likeness (QED) is 0.332. The summed E-state index contributed by atoms with van der Waals surface area (Å²) in [6, 6.07) is 25.8. The zero-order valence-electron chi connectivity index (χ0n) is 19.6. The van der Waals surface area contributed by atoms with Crippen molar-refractivity contribution in [3.63, 3.8) is 0 Å². The Hall–Kier alpha value is -4.32. The van der Waals surface area contributed by atoms with Gasteiger partial charge in [0.05, 0.1) is 34.4 Å². The van der Waals surface area contributed by atoms with Gasteiger partial charge in [-0.25, -0.2) is 14.1 Å². The average Bonchev–Trinajstić information content (AvgIpc) is 3.28. The Bertz CT molecular complexity index is 1490. The predicted octanol–water partition coefficient (Wildman–Crippen LogP) is 6.07. The van der Waals surface area contributed by atoms with Gasteiger partial charge < -0.3 is 5.32 Å². The number of carbonyl (C=O) groups is 1. The molecule has 0 aliphatic rings. The van der Waals surface area contributed by atoms with Gasteiger partial charge >= 0.3 is 0 Å². The number of para-hydroxylation sites is 1. The number of aromatic nitrogens is 3. The number of carbonyl (C=O) groups excluding carboxylic acids is 1. The lowest BCUT2D eigenvalue weighted by atomic mass is 10.0. The minimum absolute atomic E-state index is 0.142. The Morgan fingerprint density at radius 2 is 1.71 bits per heavy atom. The lowest BCUT2D eigenvalue weighted by Gasteiger charge is -2.14. The summed E-state index contributed by atoms with van der Waals surface area (Å²) in [5, 5.41) is 8.39. The van der Waals surface area contributed by atoms with Crippen LogP contribution in [0.15, 0.2) is 91.1 Å². The number of hydrogen-bond acceptors (Lipinski definition) is 3. The van der Waals surface area contributed by atoms with Crippen molar-refractivity contribution in [3.8, 4) is 16.9 Å². The lowest BCUT2D eigenvalue weighted by molar-refractivity contribution is 0.0953. The van der Waals surface area contributed by atoms with Gasteiger partial charge in [-0.15, -0.1) is 0 Å². The Morgan fingerprint density at radius 3 is 2.49 bits per heavy atom.